The van der Waals surface area contributed by atoms with Crippen LogP contribution in [0.25, 0.3) is 33.6 Å². The molecule has 0 spiro atoms. The van der Waals surface area contributed by atoms with Crippen LogP contribution in [0.2, 0.25) is 0 Å². The van der Waals surface area contributed by atoms with Crippen molar-refractivity contribution in [1.82, 2.24) is 4.98 Å². The molecule has 0 bridgehead atoms. The first-order valence-corrected chi connectivity index (χ1v) is 15.8. The molecule has 3 aromatic heterocycles. The topological polar surface area (TPSA) is 20.6 Å². The zero-order valence-electron chi connectivity index (χ0n) is 27.8. The van der Waals surface area contributed by atoms with Gasteiger partial charge in [0.1, 0.15) is 5.69 Å². The zero-order chi connectivity index (χ0) is 33.7. The normalized spacial score (nSPS) is 9.98. The Morgan fingerprint density at radius 3 is 1.92 bits per heavy atom. The average Bonchev–Trinajstić information content (AvgIpc) is 3.12. The Hall–Kier alpha value is -5.54. The van der Waals surface area contributed by atoms with Gasteiger partial charge in [-0.2, -0.15) is 42.7 Å². The molecule has 0 aliphatic heterocycles. The van der Waals surface area contributed by atoms with Gasteiger partial charge in [0, 0.05) is 51.7 Å². The maximum atomic E-state index is 4.61. The third-order valence-corrected chi connectivity index (χ3v) is 7.94. The molecular formula is C45H40IrN3-3. The Morgan fingerprint density at radius 2 is 1.27 bits per heavy atom. The molecule has 247 valence electrons. The van der Waals surface area contributed by atoms with Gasteiger partial charge in [-0.3, -0.25) is 4.98 Å². The van der Waals surface area contributed by atoms with Crippen molar-refractivity contribution in [3.63, 3.8) is 0 Å². The fraction of sp³-hybridized carbons (Fsp3) is 0.0444. The molecule has 0 N–H and O–H groups in total. The van der Waals surface area contributed by atoms with Gasteiger partial charge in [0.2, 0.25) is 0 Å². The van der Waals surface area contributed by atoms with E-state index in [-0.39, 0.29) is 20.1 Å². The molecule has 0 saturated heterocycles. The summed E-state index contributed by atoms with van der Waals surface area (Å²) < 4.78 is 3.73. The standard InChI is InChI=1S/C19H16N.C14H14N.C12H10N.Ir/c1-14-8-6-7-11-17(14)19-12-15(2)18(13-20-19)16-9-4-3-5-10-16;1-12-7-3-4-8-13(12)11-14-9-5-6-10-15(14)2;1-13-10-6-5-9-12(13)11-7-3-2-4-8-11;/h3-13H,1H2,2H3;3-10H,1-2,11H2;2-7,9-10H,1H2;/q3*-1;. The number of nitrogens with zero attached hydrogens (tertiary/aromatic N) is 3. The third kappa shape index (κ3) is 9.98. The average molecular weight is 815 g/mol. The smallest absolute Gasteiger partial charge is 0.115 e. The molecule has 1 radical (unpaired) electrons. The monoisotopic (exact) mass is 815 g/mol. The van der Waals surface area contributed by atoms with Crippen molar-refractivity contribution >= 4 is 0 Å². The summed E-state index contributed by atoms with van der Waals surface area (Å²) in [4.78, 5) is 4.61. The van der Waals surface area contributed by atoms with Gasteiger partial charge in [-0.15, -0.1) is 60.2 Å². The van der Waals surface area contributed by atoms with Gasteiger partial charge >= 0.3 is 0 Å². The Kier molecular flexibility index (Phi) is 13.4. The first kappa shape index (κ1) is 36.3. The van der Waals surface area contributed by atoms with Crippen molar-refractivity contribution in [2.75, 3.05) is 0 Å². The van der Waals surface area contributed by atoms with Gasteiger partial charge in [-0.25, -0.2) is 0 Å². The first-order chi connectivity index (χ1) is 23.4. The van der Waals surface area contributed by atoms with E-state index < -0.39 is 0 Å². The number of pyridine rings is 3. The maximum Gasteiger partial charge on any atom is 0.115 e. The van der Waals surface area contributed by atoms with Crippen molar-refractivity contribution in [2.24, 2.45) is 0 Å². The molecule has 3 heterocycles. The van der Waals surface area contributed by atoms with Crippen LogP contribution in [-0.4, -0.2) is 4.98 Å². The molecule has 0 unspecified atom stereocenters. The number of hydrogen-bond donors (Lipinski definition) is 0. The predicted octanol–water partition coefficient (Wildman–Crippen LogP) is 9.37. The van der Waals surface area contributed by atoms with Crippen LogP contribution in [0.3, 0.4) is 0 Å². The third-order valence-electron chi connectivity index (χ3n) is 7.94. The van der Waals surface area contributed by atoms with Gasteiger partial charge in [-0.1, -0.05) is 78.4 Å². The number of rotatable bonds is 5. The minimum Gasteiger partial charge on any atom is -0.337 e. The van der Waals surface area contributed by atoms with Gasteiger partial charge < -0.3 is 9.13 Å². The van der Waals surface area contributed by atoms with E-state index in [4.69, 9.17) is 0 Å². The number of benzene rings is 4. The summed E-state index contributed by atoms with van der Waals surface area (Å²) in [6.07, 6.45) is 6.72. The second-order valence-corrected chi connectivity index (χ2v) is 11.3. The van der Waals surface area contributed by atoms with Crippen LogP contribution in [0.4, 0.5) is 0 Å². The minimum absolute atomic E-state index is 0. The zero-order valence-corrected chi connectivity index (χ0v) is 30.2. The van der Waals surface area contributed by atoms with E-state index in [2.05, 4.69) is 82.3 Å². The van der Waals surface area contributed by atoms with E-state index in [1.807, 2.05) is 137 Å². The summed E-state index contributed by atoms with van der Waals surface area (Å²) in [7, 11) is 7.84. The molecule has 49 heavy (non-hydrogen) atoms. The van der Waals surface area contributed by atoms with Crippen LogP contribution < -0.4 is 9.13 Å². The summed E-state index contributed by atoms with van der Waals surface area (Å²) in [5.41, 5.74) is 12.3. The molecule has 0 aliphatic carbocycles. The van der Waals surface area contributed by atoms with Gasteiger partial charge in [-0.05, 0) is 36.6 Å². The van der Waals surface area contributed by atoms with E-state index in [1.165, 1.54) is 27.9 Å². The van der Waals surface area contributed by atoms with Gasteiger partial charge in [0.15, 0.2) is 0 Å². The van der Waals surface area contributed by atoms with Gasteiger partial charge in [0.25, 0.3) is 0 Å². The second kappa shape index (κ2) is 18.1. The Morgan fingerprint density at radius 1 is 0.633 bits per heavy atom. The fourth-order valence-electron chi connectivity index (χ4n) is 5.26. The molecule has 0 aliphatic rings. The summed E-state index contributed by atoms with van der Waals surface area (Å²) in [6.45, 7) is 10.2. The predicted molar refractivity (Wildman–Crippen MR) is 197 cm³/mol. The number of aromatic nitrogens is 3. The first-order valence-electron chi connectivity index (χ1n) is 15.8. The van der Waals surface area contributed by atoms with Crippen LogP contribution >= 0.6 is 0 Å². The quantitative estimate of drug-likeness (QED) is 0.125. The van der Waals surface area contributed by atoms with Crippen molar-refractivity contribution in [3.05, 3.63) is 226 Å². The van der Waals surface area contributed by atoms with E-state index >= 15 is 0 Å². The molecule has 0 atom stereocenters. The van der Waals surface area contributed by atoms with E-state index in [0.29, 0.717) is 0 Å². The molecule has 7 aromatic rings. The molecule has 3 nitrogen and oxygen atoms in total. The molecule has 0 fully saturated rings. The van der Waals surface area contributed by atoms with Crippen LogP contribution in [0, 0.1) is 40.9 Å². The number of hydrogen-bond acceptors (Lipinski definition) is 1. The van der Waals surface area contributed by atoms with Crippen molar-refractivity contribution in [2.45, 2.75) is 13.3 Å². The molecule has 0 amide bonds. The van der Waals surface area contributed by atoms with Crippen molar-refractivity contribution in [1.29, 1.82) is 0 Å². The molecule has 7 rings (SSSR count). The van der Waals surface area contributed by atoms with Crippen LogP contribution in [0.15, 0.2) is 164 Å². The second-order valence-electron chi connectivity index (χ2n) is 11.3. The van der Waals surface area contributed by atoms with Crippen molar-refractivity contribution in [3.8, 4) is 33.6 Å². The SMILES string of the molecule is [CH2-][n+]1ccccc1-c1[c-]cccc1.[CH2-]c1ccccc1-c1cc(C)c(-c2ccccc2)cn1.[CH2-]c1ccccc1Cc1cccc[n+]1[CH2-].[Ir]. The van der Waals surface area contributed by atoms with E-state index in [0.717, 1.165) is 40.1 Å². The number of aryl methyl sites for hydroxylation is 1. The van der Waals surface area contributed by atoms with E-state index in [1.54, 1.807) is 0 Å². The van der Waals surface area contributed by atoms with Gasteiger partial charge in [0.05, 0.1) is 18.1 Å². The Bertz CT molecular complexity index is 2010. The minimum atomic E-state index is 0. The summed E-state index contributed by atoms with van der Waals surface area (Å²) in [5, 5.41) is 0. The van der Waals surface area contributed by atoms with E-state index in [9.17, 15) is 0 Å². The summed E-state index contributed by atoms with van der Waals surface area (Å²) in [6, 6.07) is 51.9. The molecule has 4 heteroatoms. The molecule has 4 aromatic carbocycles. The molecule has 0 saturated carbocycles. The Balaban J connectivity index is 0.000000168. The summed E-state index contributed by atoms with van der Waals surface area (Å²) in [5.74, 6) is 0. The maximum absolute atomic E-state index is 4.61. The molecular weight excluding hydrogens is 775 g/mol. The summed E-state index contributed by atoms with van der Waals surface area (Å²) >= 11 is 0. The van der Waals surface area contributed by atoms with Crippen LogP contribution in [0.1, 0.15) is 27.9 Å². The largest absolute Gasteiger partial charge is 0.337 e. The van der Waals surface area contributed by atoms with Crippen LogP contribution in [0.5, 0.6) is 0 Å². The van der Waals surface area contributed by atoms with Crippen LogP contribution in [-0.2, 0) is 26.5 Å². The Labute approximate surface area is 306 Å². The fourth-order valence-corrected chi connectivity index (χ4v) is 5.26. The van der Waals surface area contributed by atoms with Crippen molar-refractivity contribution < 1.29 is 29.2 Å².